The average Bonchev–Trinajstić information content (AvgIpc) is 3.44. The fourth-order valence-corrected chi connectivity index (χ4v) is 3.78. The Balaban J connectivity index is 1.38. The molecule has 1 saturated carbocycles. The molecule has 4 rings (SSSR count). The second-order valence-corrected chi connectivity index (χ2v) is 8.12. The lowest BCUT2D eigenvalue weighted by Gasteiger charge is -2.35. The van der Waals surface area contributed by atoms with E-state index in [-0.39, 0.29) is 23.6 Å². The van der Waals surface area contributed by atoms with Crippen LogP contribution in [0.5, 0.6) is 0 Å². The molecule has 3 amide bonds. The van der Waals surface area contributed by atoms with Crippen molar-refractivity contribution < 1.29 is 14.4 Å². The molecule has 1 aromatic carbocycles. The van der Waals surface area contributed by atoms with Crippen molar-refractivity contribution in [1.82, 2.24) is 9.80 Å². The van der Waals surface area contributed by atoms with Crippen molar-refractivity contribution in [2.75, 3.05) is 31.5 Å². The lowest BCUT2D eigenvalue weighted by molar-refractivity contribution is -0.140. The molecule has 3 aliphatic rings. The number of hydrogen-bond donors (Lipinski definition) is 1. The van der Waals surface area contributed by atoms with Crippen molar-refractivity contribution in [3.8, 4) is 0 Å². The second kappa shape index (κ2) is 6.11. The van der Waals surface area contributed by atoms with Gasteiger partial charge in [0.2, 0.25) is 17.7 Å². The van der Waals surface area contributed by atoms with Gasteiger partial charge in [0.25, 0.3) is 0 Å². The molecule has 0 atom stereocenters. The van der Waals surface area contributed by atoms with Crippen LogP contribution in [-0.2, 0) is 26.2 Å². The zero-order valence-corrected chi connectivity index (χ0v) is 15.4. The molecule has 0 aromatic heterocycles. The molecule has 1 saturated heterocycles. The van der Waals surface area contributed by atoms with Gasteiger partial charge in [0, 0.05) is 37.8 Å². The summed E-state index contributed by atoms with van der Waals surface area (Å²) in [5.41, 5.74) is 2.15. The quantitative estimate of drug-likeness (QED) is 0.894. The maximum absolute atomic E-state index is 12.7. The molecule has 2 aliphatic heterocycles. The van der Waals surface area contributed by atoms with Crippen LogP contribution in [0.1, 0.15) is 37.8 Å². The summed E-state index contributed by atoms with van der Waals surface area (Å²) in [4.78, 5) is 40.6. The Morgan fingerprint density at radius 3 is 2.42 bits per heavy atom. The van der Waals surface area contributed by atoms with Gasteiger partial charge in [0.15, 0.2) is 0 Å². The van der Waals surface area contributed by atoms with Gasteiger partial charge >= 0.3 is 0 Å². The van der Waals surface area contributed by atoms with Crippen LogP contribution >= 0.6 is 0 Å². The van der Waals surface area contributed by atoms with E-state index in [1.807, 2.05) is 41.8 Å². The summed E-state index contributed by atoms with van der Waals surface area (Å²) in [5, 5.41) is 2.89. The molecule has 6 heteroatoms. The largest absolute Gasteiger partial charge is 0.339 e. The van der Waals surface area contributed by atoms with E-state index in [0.717, 1.165) is 29.7 Å². The molecular weight excluding hydrogens is 330 g/mol. The number of nitrogens with zero attached hydrogens (tertiary/aromatic N) is 2. The van der Waals surface area contributed by atoms with Crippen molar-refractivity contribution in [2.24, 2.45) is 5.92 Å². The van der Waals surface area contributed by atoms with E-state index in [9.17, 15) is 14.4 Å². The van der Waals surface area contributed by atoms with Gasteiger partial charge in [0.1, 0.15) is 0 Å². The molecule has 138 valence electrons. The van der Waals surface area contributed by atoms with Crippen LogP contribution in [0.4, 0.5) is 5.69 Å². The highest BCUT2D eigenvalue weighted by Gasteiger charge is 2.38. The van der Waals surface area contributed by atoms with Crippen molar-refractivity contribution in [3.05, 3.63) is 29.3 Å². The van der Waals surface area contributed by atoms with Crippen molar-refractivity contribution in [1.29, 1.82) is 0 Å². The van der Waals surface area contributed by atoms with E-state index >= 15 is 0 Å². The summed E-state index contributed by atoms with van der Waals surface area (Å²) in [6.07, 6.45) is 2.36. The highest BCUT2D eigenvalue weighted by Crippen LogP contribution is 2.37. The fourth-order valence-electron chi connectivity index (χ4n) is 3.78. The Morgan fingerprint density at radius 1 is 1.12 bits per heavy atom. The van der Waals surface area contributed by atoms with Crippen molar-refractivity contribution in [3.63, 3.8) is 0 Å². The number of fused-ring (bicyclic) bond motifs is 1. The monoisotopic (exact) mass is 355 g/mol. The van der Waals surface area contributed by atoms with Gasteiger partial charge < -0.3 is 15.1 Å². The van der Waals surface area contributed by atoms with Crippen LogP contribution in [0.3, 0.4) is 0 Å². The third-order valence-electron chi connectivity index (χ3n) is 5.80. The predicted octanol–water partition coefficient (Wildman–Crippen LogP) is 1.54. The minimum Gasteiger partial charge on any atom is -0.339 e. The Labute approximate surface area is 153 Å². The SMILES string of the molecule is CC1(C)C(=O)Nc2ccc(CC(=O)N3CCN(C(=O)C4CC4)CC3)cc21. The first-order valence-corrected chi connectivity index (χ1v) is 9.37. The first-order valence-electron chi connectivity index (χ1n) is 9.37. The normalized spacial score (nSPS) is 21.4. The highest BCUT2D eigenvalue weighted by atomic mass is 16.2. The van der Waals surface area contributed by atoms with Gasteiger partial charge in [-0.05, 0) is 43.9 Å². The third kappa shape index (κ3) is 2.97. The number of hydrogen-bond acceptors (Lipinski definition) is 3. The van der Waals surface area contributed by atoms with E-state index in [1.54, 1.807) is 0 Å². The first kappa shape index (κ1) is 17.1. The van der Waals surface area contributed by atoms with Gasteiger partial charge in [-0.1, -0.05) is 12.1 Å². The number of piperazine rings is 1. The lowest BCUT2D eigenvalue weighted by atomic mass is 9.85. The Morgan fingerprint density at radius 2 is 1.77 bits per heavy atom. The molecule has 0 bridgehead atoms. The lowest BCUT2D eigenvalue weighted by Crippen LogP contribution is -2.51. The summed E-state index contributed by atoms with van der Waals surface area (Å²) in [6.45, 7) is 6.28. The van der Waals surface area contributed by atoms with Gasteiger partial charge in [0.05, 0.1) is 11.8 Å². The van der Waals surface area contributed by atoms with Gasteiger partial charge in [-0.15, -0.1) is 0 Å². The maximum Gasteiger partial charge on any atom is 0.234 e. The summed E-state index contributed by atoms with van der Waals surface area (Å²) >= 11 is 0. The molecule has 26 heavy (non-hydrogen) atoms. The molecule has 0 unspecified atom stereocenters. The molecule has 1 N–H and O–H groups in total. The molecule has 1 aromatic rings. The summed E-state index contributed by atoms with van der Waals surface area (Å²) < 4.78 is 0. The predicted molar refractivity (Wildman–Crippen MR) is 97.7 cm³/mol. The number of amides is 3. The Bertz CT molecular complexity index is 775. The number of carbonyl (C=O) groups excluding carboxylic acids is 3. The Kier molecular flexibility index (Phi) is 4.01. The van der Waals surface area contributed by atoms with Crippen LogP contribution in [0.2, 0.25) is 0 Å². The zero-order valence-electron chi connectivity index (χ0n) is 15.4. The summed E-state index contributed by atoms with van der Waals surface area (Å²) in [5.74, 6) is 0.574. The molecule has 0 radical (unpaired) electrons. The summed E-state index contributed by atoms with van der Waals surface area (Å²) in [7, 11) is 0. The number of carbonyl (C=O) groups is 3. The van der Waals surface area contributed by atoms with E-state index in [4.69, 9.17) is 0 Å². The molecule has 1 aliphatic carbocycles. The molecule has 2 fully saturated rings. The van der Waals surface area contributed by atoms with Crippen molar-refractivity contribution in [2.45, 2.75) is 38.5 Å². The van der Waals surface area contributed by atoms with Crippen LogP contribution in [0.25, 0.3) is 0 Å². The fraction of sp³-hybridized carbons (Fsp3) is 0.550. The third-order valence-corrected chi connectivity index (χ3v) is 5.80. The number of rotatable bonds is 3. The number of nitrogens with one attached hydrogen (secondary N) is 1. The molecule has 2 heterocycles. The van der Waals surface area contributed by atoms with E-state index < -0.39 is 5.41 Å². The van der Waals surface area contributed by atoms with E-state index in [0.29, 0.717) is 32.6 Å². The van der Waals surface area contributed by atoms with Crippen LogP contribution in [0, 0.1) is 5.92 Å². The van der Waals surface area contributed by atoms with E-state index in [2.05, 4.69) is 5.32 Å². The minimum atomic E-state index is -0.566. The van der Waals surface area contributed by atoms with Crippen molar-refractivity contribution >= 4 is 23.4 Å². The zero-order chi connectivity index (χ0) is 18.5. The number of benzene rings is 1. The first-order chi connectivity index (χ1) is 12.4. The maximum atomic E-state index is 12.7. The topological polar surface area (TPSA) is 69.7 Å². The standard InChI is InChI=1S/C20H25N3O3/c1-20(2)15-11-13(3-6-16(15)21-19(20)26)12-17(24)22-7-9-23(10-8-22)18(25)14-4-5-14/h3,6,11,14H,4-5,7-10,12H2,1-2H3,(H,21,26). The minimum absolute atomic E-state index is 0.00701. The average molecular weight is 355 g/mol. The van der Waals surface area contributed by atoms with Crippen LogP contribution in [-0.4, -0.2) is 53.7 Å². The summed E-state index contributed by atoms with van der Waals surface area (Å²) in [6, 6.07) is 5.76. The second-order valence-electron chi connectivity index (χ2n) is 8.12. The van der Waals surface area contributed by atoms with Gasteiger partial charge in [-0.25, -0.2) is 0 Å². The number of anilines is 1. The highest BCUT2D eigenvalue weighted by molar-refractivity contribution is 6.05. The van der Waals surface area contributed by atoms with Crippen LogP contribution in [0.15, 0.2) is 18.2 Å². The Hall–Kier alpha value is -2.37. The molecular formula is C20H25N3O3. The van der Waals surface area contributed by atoms with Crippen LogP contribution < -0.4 is 5.32 Å². The smallest absolute Gasteiger partial charge is 0.234 e. The van der Waals surface area contributed by atoms with Gasteiger partial charge in [-0.3, -0.25) is 14.4 Å². The van der Waals surface area contributed by atoms with Gasteiger partial charge in [-0.2, -0.15) is 0 Å². The molecule has 6 nitrogen and oxygen atoms in total. The van der Waals surface area contributed by atoms with E-state index in [1.165, 1.54) is 0 Å². The molecule has 0 spiro atoms.